The van der Waals surface area contributed by atoms with E-state index < -0.39 is 0 Å². The molecule has 2 heterocycles. The number of fused-ring (bicyclic) bond motifs is 2. The van der Waals surface area contributed by atoms with E-state index in [1.165, 1.54) is 27.5 Å². The number of benzene rings is 2. The van der Waals surface area contributed by atoms with Crippen molar-refractivity contribution in [3.8, 4) is 0 Å². The quantitative estimate of drug-likeness (QED) is 0.529. The van der Waals surface area contributed by atoms with Crippen molar-refractivity contribution < 1.29 is 4.79 Å². The third kappa shape index (κ3) is 3.12. The molecule has 0 saturated carbocycles. The SMILES string of the molecule is Cn1c(SCC(=O)N2CCc3ccccc3C2)nc2ccccc2c1=O. The summed E-state index contributed by atoms with van der Waals surface area (Å²) in [5.41, 5.74) is 3.12. The van der Waals surface area contributed by atoms with Crippen molar-refractivity contribution >= 4 is 28.6 Å². The zero-order chi connectivity index (χ0) is 18.1. The molecule has 0 atom stereocenters. The first-order chi connectivity index (χ1) is 12.6. The lowest BCUT2D eigenvalue weighted by Gasteiger charge is -2.28. The van der Waals surface area contributed by atoms with Crippen LogP contribution in [0.5, 0.6) is 0 Å². The van der Waals surface area contributed by atoms with Crippen molar-refractivity contribution in [2.75, 3.05) is 12.3 Å². The Morgan fingerprint density at radius 1 is 1.12 bits per heavy atom. The maximum Gasteiger partial charge on any atom is 0.261 e. The smallest absolute Gasteiger partial charge is 0.261 e. The minimum atomic E-state index is -0.0857. The van der Waals surface area contributed by atoms with E-state index >= 15 is 0 Å². The number of carbonyl (C=O) groups is 1. The van der Waals surface area contributed by atoms with E-state index in [1.54, 1.807) is 13.1 Å². The zero-order valence-electron chi connectivity index (χ0n) is 14.5. The molecule has 6 heteroatoms. The lowest BCUT2D eigenvalue weighted by molar-refractivity contribution is -0.129. The minimum Gasteiger partial charge on any atom is -0.337 e. The van der Waals surface area contributed by atoms with Crippen LogP contribution in [0.1, 0.15) is 11.1 Å². The molecule has 0 bridgehead atoms. The summed E-state index contributed by atoms with van der Waals surface area (Å²) in [6, 6.07) is 15.5. The van der Waals surface area contributed by atoms with Crippen LogP contribution in [0.4, 0.5) is 0 Å². The Morgan fingerprint density at radius 2 is 1.85 bits per heavy atom. The highest BCUT2D eigenvalue weighted by Crippen LogP contribution is 2.21. The minimum absolute atomic E-state index is 0.0758. The number of para-hydroxylation sites is 1. The molecule has 26 heavy (non-hydrogen) atoms. The van der Waals surface area contributed by atoms with E-state index in [0.29, 0.717) is 22.6 Å². The molecule has 1 aliphatic heterocycles. The molecule has 0 unspecified atom stereocenters. The third-order valence-electron chi connectivity index (χ3n) is 4.75. The second-order valence-corrected chi connectivity index (χ2v) is 7.34. The molecule has 0 spiro atoms. The molecule has 2 aromatic carbocycles. The Morgan fingerprint density at radius 3 is 2.69 bits per heavy atom. The Bertz CT molecular complexity index is 1040. The fourth-order valence-corrected chi connectivity index (χ4v) is 4.13. The molecule has 4 rings (SSSR count). The van der Waals surface area contributed by atoms with Gasteiger partial charge in [0.2, 0.25) is 5.91 Å². The number of carbonyl (C=O) groups excluding carboxylic acids is 1. The van der Waals surface area contributed by atoms with Crippen LogP contribution in [0.2, 0.25) is 0 Å². The number of amides is 1. The molecule has 0 saturated heterocycles. The van der Waals surface area contributed by atoms with Gasteiger partial charge in [-0.2, -0.15) is 0 Å². The van der Waals surface area contributed by atoms with Gasteiger partial charge in [-0.15, -0.1) is 0 Å². The van der Waals surface area contributed by atoms with Gasteiger partial charge in [-0.3, -0.25) is 14.2 Å². The topological polar surface area (TPSA) is 55.2 Å². The molecule has 0 fully saturated rings. The molecule has 5 nitrogen and oxygen atoms in total. The van der Waals surface area contributed by atoms with Crippen LogP contribution in [0.15, 0.2) is 58.5 Å². The summed E-state index contributed by atoms with van der Waals surface area (Å²) in [6.07, 6.45) is 0.888. The molecular formula is C20H19N3O2S. The van der Waals surface area contributed by atoms with Crippen LogP contribution >= 0.6 is 11.8 Å². The highest BCUT2D eigenvalue weighted by atomic mass is 32.2. The van der Waals surface area contributed by atoms with Crippen LogP contribution in [0.3, 0.4) is 0 Å². The molecule has 0 radical (unpaired) electrons. The monoisotopic (exact) mass is 365 g/mol. The fourth-order valence-electron chi connectivity index (χ4n) is 3.25. The van der Waals surface area contributed by atoms with Crippen molar-refractivity contribution in [2.24, 2.45) is 7.05 Å². The van der Waals surface area contributed by atoms with Crippen molar-refractivity contribution in [3.05, 3.63) is 70.0 Å². The summed E-state index contributed by atoms with van der Waals surface area (Å²) in [5.74, 6) is 0.354. The zero-order valence-corrected chi connectivity index (χ0v) is 15.3. The van der Waals surface area contributed by atoms with Crippen molar-refractivity contribution in [1.82, 2.24) is 14.5 Å². The average molecular weight is 365 g/mol. The van der Waals surface area contributed by atoms with Gasteiger partial charge in [0.05, 0.1) is 16.7 Å². The van der Waals surface area contributed by atoms with E-state index in [1.807, 2.05) is 35.2 Å². The van der Waals surface area contributed by atoms with Gasteiger partial charge in [-0.1, -0.05) is 48.2 Å². The van der Waals surface area contributed by atoms with Crippen LogP contribution < -0.4 is 5.56 Å². The Kier molecular flexibility index (Phi) is 4.51. The van der Waals surface area contributed by atoms with Gasteiger partial charge in [-0.25, -0.2) is 4.98 Å². The predicted molar refractivity (Wildman–Crippen MR) is 103 cm³/mol. The first kappa shape index (κ1) is 16.8. The molecule has 132 valence electrons. The fraction of sp³-hybridized carbons (Fsp3) is 0.250. The second-order valence-electron chi connectivity index (χ2n) is 6.40. The van der Waals surface area contributed by atoms with Crippen LogP contribution in [0.25, 0.3) is 10.9 Å². The summed E-state index contributed by atoms with van der Waals surface area (Å²) < 4.78 is 1.52. The molecule has 0 aliphatic carbocycles. The van der Waals surface area contributed by atoms with E-state index in [9.17, 15) is 9.59 Å². The highest BCUT2D eigenvalue weighted by Gasteiger charge is 2.21. The number of aromatic nitrogens is 2. The normalized spacial score (nSPS) is 13.7. The number of rotatable bonds is 3. The van der Waals surface area contributed by atoms with Crippen molar-refractivity contribution in [2.45, 2.75) is 18.1 Å². The van der Waals surface area contributed by atoms with E-state index in [4.69, 9.17) is 0 Å². The second kappa shape index (κ2) is 6.96. The van der Waals surface area contributed by atoms with Crippen LogP contribution in [-0.4, -0.2) is 32.7 Å². The lowest BCUT2D eigenvalue weighted by atomic mass is 10.00. The van der Waals surface area contributed by atoms with Crippen LogP contribution in [-0.2, 0) is 24.8 Å². The number of hydrogen-bond donors (Lipinski definition) is 0. The largest absolute Gasteiger partial charge is 0.337 e. The van der Waals surface area contributed by atoms with Crippen molar-refractivity contribution in [1.29, 1.82) is 0 Å². The summed E-state index contributed by atoms with van der Waals surface area (Å²) >= 11 is 1.32. The first-order valence-electron chi connectivity index (χ1n) is 8.56. The Balaban J connectivity index is 1.49. The van der Waals surface area contributed by atoms with Gasteiger partial charge in [0.1, 0.15) is 0 Å². The highest BCUT2D eigenvalue weighted by molar-refractivity contribution is 7.99. The van der Waals surface area contributed by atoms with E-state index in [2.05, 4.69) is 17.1 Å². The molecule has 1 aliphatic rings. The maximum absolute atomic E-state index is 12.6. The summed E-state index contributed by atoms with van der Waals surface area (Å²) in [4.78, 5) is 31.5. The van der Waals surface area contributed by atoms with Gasteiger partial charge in [-0.05, 0) is 29.7 Å². The van der Waals surface area contributed by atoms with Crippen molar-refractivity contribution in [3.63, 3.8) is 0 Å². The molecule has 1 aromatic heterocycles. The molecule has 3 aromatic rings. The number of thioether (sulfide) groups is 1. The molecule has 1 amide bonds. The lowest BCUT2D eigenvalue weighted by Crippen LogP contribution is -2.37. The van der Waals surface area contributed by atoms with Gasteiger partial charge in [0.25, 0.3) is 5.56 Å². The maximum atomic E-state index is 12.6. The molecule has 0 N–H and O–H groups in total. The third-order valence-corrected chi connectivity index (χ3v) is 5.76. The van der Waals surface area contributed by atoms with Gasteiger partial charge >= 0.3 is 0 Å². The van der Waals surface area contributed by atoms with Crippen LogP contribution in [0, 0.1) is 0 Å². The molecular weight excluding hydrogens is 346 g/mol. The summed E-state index contributed by atoms with van der Waals surface area (Å²) in [5, 5.41) is 1.16. The summed E-state index contributed by atoms with van der Waals surface area (Å²) in [6.45, 7) is 1.39. The Hall–Kier alpha value is -2.60. The van der Waals surface area contributed by atoms with E-state index in [-0.39, 0.29) is 17.2 Å². The standard InChI is InChI=1S/C20H19N3O2S/c1-22-19(25)16-8-4-5-9-17(16)21-20(22)26-13-18(24)23-11-10-14-6-2-3-7-15(14)12-23/h2-9H,10-13H2,1H3. The van der Waals surface area contributed by atoms with Gasteiger partial charge in [0.15, 0.2) is 5.16 Å². The average Bonchev–Trinajstić information content (AvgIpc) is 2.69. The number of hydrogen-bond acceptors (Lipinski definition) is 4. The first-order valence-corrected chi connectivity index (χ1v) is 9.55. The van der Waals surface area contributed by atoms with Gasteiger partial charge < -0.3 is 4.90 Å². The predicted octanol–water partition coefficient (Wildman–Crippen LogP) is 2.61. The van der Waals surface area contributed by atoms with Gasteiger partial charge in [0, 0.05) is 20.1 Å². The number of nitrogens with zero attached hydrogens (tertiary/aromatic N) is 3. The van der Waals surface area contributed by atoms with E-state index in [0.717, 1.165) is 13.0 Å². The Labute approximate surface area is 155 Å². The summed E-state index contributed by atoms with van der Waals surface area (Å²) in [7, 11) is 1.70.